The zero-order chi connectivity index (χ0) is 34.2. The summed E-state index contributed by atoms with van der Waals surface area (Å²) in [5.41, 5.74) is 11.2. The van der Waals surface area contributed by atoms with Crippen LogP contribution in [0.4, 0.5) is 0 Å². The van der Waals surface area contributed by atoms with Crippen LogP contribution in [0.3, 0.4) is 0 Å². The van der Waals surface area contributed by atoms with E-state index in [9.17, 15) is 0 Å². The van der Waals surface area contributed by atoms with Gasteiger partial charge in [-0.25, -0.2) is 15.0 Å². The number of aromatic nitrogens is 4. The topological polar surface area (TPSA) is 51.6 Å². The second-order valence-corrected chi connectivity index (χ2v) is 13.4. The minimum absolute atomic E-state index is 0.616. The first-order chi connectivity index (χ1) is 25.8. The van der Waals surface area contributed by atoms with Crippen LogP contribution in [0.25, 0.3) is 111 Å². The fourth-order valence-electron chi connectivity index (χ4n) is 8.16. The minimum atomic E-state index is 0.616. The van der Waals surface area contributed by atoms with Crippen LogP contribution in [-0.2, 0) is 0 Å². The molecule has 0 bridgehead atoms. The Hall–Kier alpha value is -7.04. The Morgan fingerprint density at radius 2 is 0.923 bits per heavy atom. The van der Waals surface area contributed by atoms with E-state index in [0.29, 0.717) is 17.5 Å². The molecule has 0 N–H and O–H groups in total. The van der Waals surface area contributed by atoms with Gasteiger partial charge in [-0.3, -0.25) is 4.98 Å². The summed E-state index contributed by atoms with van der Waals surface area (Å²) >= 11 is 0. The molecule has 2 heterocycles. The van der Waals surface area contributed by atoms with Crippen LogP contribution in [0, 0.1) is 0 Å². The molecule has 52 heavy (non-hydrogen) atoms. The first-order valence-electron chi connectivity index (χ1n) is 17.6. The third-order valence-corrected chi connectivity index (χ3v) is 10.5. The van der Waals surface area contributed by atoms with Crippen molar-refractivity contribution in [3.8, 4) is 67.5 Å². The van der Waals surface area contributed by atoms with Crippen LogP contribution in [0.1, 0.15) is 0 Å². The maximum Gasteiger partial charge on any atom is 0.164 e. The van der Waals surface area contributed by atoms with E-state index in [1.165, 1.54) is 49.4 Å². The highest BCUT2D eigenvalue weighted by Crippen LogP contribution is 2.49. The van der Waals surface area contributed by atoms with Gasteiger partial charge in [0.1, 0.15) is 0 Å². The Morgan fingerprint density at radius 3 is 1.81 bits per heavy atom. The molecule has 0 unspecified atom stereocenters. The molecule has 0 aliphatic heterocycles. The van der Waals surface area contributed by atoms with E-state index in [-0.39, 0.29) is 0 Å². The van der Waals surface area contributed by atoms with Crippen molar-refractivity contribution < 1.29 is 0 Å². The fourth-order valence-corrected chi connectivity index (χ4v) is 8.16. The standard InChI is InChI=1S/C48H28N4/c1-2-11-31(12-3-1)46-50-47(52-48(51-46)41-26-27-49-42-25-22-30-21-20-29-10-4-5-15-35(29)43(30)45(41)42)33-14-8-13-32(28-33)34-23-24-40-37-17-7-6-16-36(37)39-19-9-18-38(34)44(39)40/h1-28H. The van der Waals surface area contributed by atoms with Gasteiger partial charge in [0, 0.05) is 28.3 Å². The van der Waals surface area contributed by atoms with Crippen molar-refractivity contribution in [2.75, 3.05) is 0 Å². The molecule has 11 rings (SSSR count). The number of hydrogen-bond acceptors (Lipinski definition) is 4. The van der Waals surface area contributed by atoms with Gasteiger partial charge in [-0.15, -0.1) is 0 Å². The zero-order valence-electron chi connectivity index (χ0n) is 28.0. The van der Waals surface area contributed by atoms with Gasteiger partial charge in [-0.05, 0) is 83.9 Å². The lowest BCUT2D eigenvalue weighted by atomic mass is 9.93. The van der Waals surface area contributed by atoms with Crippen molar-refractivity contribution in [2.24, 2.45) is 0 Å². The Morgan fingerprint density at radius 1 is 0.308 bits per heavy atom. The highest BCUT2D eigenvalue weighted by atomic mass is 15.0. The molecule has 0 amide bonds. The molecule has 1 aliphatic rings. The number of fused-ring (bicyclic) bond motifs is 8. The molecule has 4 nitrogen and oxygen atoms in total. The van der Waals surface area contributed by atoms with E-state index in [1.807, 2.05) is 30.5 Å². The summed E-state index contributed by atoms with van der Waals surface area (Å²) in [6.07, 6.45) is 1.86. The summed E-state index contributed by atoms with van der Waals surface area (Å²) < 4.78 is 0. The highest BCUT2D eigenvalue weighted by Gasteiger charge is 2.23. The zero-order valence-corrected chi connectivity index (χ0v) is 28.0. The van der Waals surface area contributed by atoms with Crippen molar-refractivity contribution in [3.63, 3.8) is 0 Å². The lowest BCUT2D eigenvalue weighted by molar-refractivity contribution is 1.08. The molecule has 0 atom stereocenters. The summed E-state index contributed by atoms with van der Waals surface area (Å²) in [7, 11) is 0. The normalized spacial score (nSPS) is 11.8. The van der Waals surface area contributed by atoms with E-state index in [1.54, 1.807) is 0 Å². The Kier molecular flexibility index (Phi) is 6.22. The van der Waals surface area contributed by atoms with Gasteiger partial charge in [0.05, 0.1) is 5.52 Å². The number of nitrogens with zero attached hydrogens (tertiary/aromatic N) is 4. The molecule has 0 saturated heterocycles. The van der Waals surface area contributed by atoms with E-state index in [4.69, 9.17) is 19.9 Å². The molecule has 0 fully saturated rings. The van der Waals surface area contributed by atoms with Crippen molar-refractivity contribution in [1.29, 1.82) is 0 Å². The molecule has 0 radical (unpaired) electrons. The van der Waals surface area contributed by atoms with E-state index >= 15 is 0 Å². The average molecular weight is 661 g/mol. The number of rotatable bonds is 4. The maximum absolute atomic E-state index is 5.25. The monoisotopic (exact) mass is 660 g/mol. The minimum Gasteiger partial charge on any atom is -0.256 e. The van der Waals surface area contributed by atoms with Gasteiger partial charge in [-0.1, -0.05) is 146 Å². The number of benzene rings is 8. The van der Waals surface area contributed by atoms with Gasteiger partial charge < -0.3 is 0 Å². The third-order valence-electron chi connectivity index (χ3n) is 10.5. The summed E-state index contributed by atoms with van der Waals surface area (Å²) in [5.74, 6) is 1.87. The van der Waals surface area contributed by atoms with Gasteiger partial charge in [-0.2, -0.15) is 0 Å². The first-order valence-corrected chi connectivity index (χ1v) is 17.6. The van der Waals surface area contributed by atoms with Crippen LogP contribution in [0.2, 0.25) is 0 Å². The average Bonchev–Trinajstić information content (AvgIpc) is 3.55. The van der Waals surface area contributed by atoms with Crippen molar-refractivity contribution in [3.05, 3.63) is 170 Å². The predicted molar refractivity (Wildman–Crippen MR) is 214 cm³/mol. The Bertz CT molecular complexity index is 3040. The van der Waals surface area contributed by atoms with Crippen LogP contribution in [0.15, 0.2) is 170 Å². The molecular weight excluding hydrogens is 633 g/mol. The molecular formula is C48H28N4. The lowest BCUT2D eigenvalue weighted by Gasteiger charge is -2.14. The highest BCUT2D eigenvalue weighted by molar-refractivity contribution is 6.23. The molecule has 240 valence electrons. The number of hydrogen-bond donors (Lipinski definition) is 0. The second-order valence-electron chi connectivity index (χ2n) is 13.4. The van der Waals surface area contributed by atoms with Gasteiger partial charge in [0.25, 0.3) is 0 Å². The van der Waals surface area contributed by atoms with E-state index in [2.05, 4.69) is 140 Å². The van der Waals surface area contributed by atoms with Crippen LogP contribution >= 0.6 is 0 Å². The summed E-state index contributed by atoms with van der Waals surface area (Å²) in [5, 5.41) is 8.26. The largest absolute Gasteiger partial charge is 0.256 e. The maximum atomic E-state index is 5.25. The smallest absolute Gasteiger partial charge is 0.164 e. The van der Waals surface area contributed by atoms with Crippen LogP contribution in [-0.4, -0.2) is 19.9 Å². The SMILES string of the molecule is c1ccc(-c2nc(-c3cccc(-c4ccc5c6c(cccc46)-c4ccccc4-5)c3)nc(-c3ccnc4ccc5ccc6ccccc6c5c34)n2)cc1. The summed E-state index contributed by atoms with van der Waals surface area (Å²) in [4.78, 5) is 20.3. The molecule has 0 spiro atoms. The first kappa shape index (κ1) is 28.8. The summed E-state index contributed by atoms with van der Waals surface area (Å²) in [6.45, 7) is 0. The fraction of sp³-hybridized carbons (Fsp3) is 0. The van der Waals surface area contributed by atoms with Crippen molar-refractivity contribution >= 4 is 43.2 Å². The quantitative estimate of drug-likeness (QED) is 0.176. The lowest BCUT2D eigenvalue weighted by Crippen LogP contribution is -2.01. The molecule has 0 saturated carbocycles. The molecule has 4 heteroatoms. The van der Waals surface area contributed by atoms with Crippen molar-refractivity contribution in [2.45, 2.75) is 0 Å². The van der Waals surface area contributed by atoms with Crippen LogP contribution in [0.5, 0.6) is 0 Å². The van der Waals surface area contributed by atoms with Crippen molar-refractivity contribution in [1.82, 2.24) is 19.9 Å². The second kappa shape index (κ2) is 11.2. The van der Waals surface area contributed by atoms with E-state index < -0.39 is 0 Å². The Labute approximate surface area is 299 Å². The van der Waals surface area contributed by atoms with E-state index in [0.717, 1.165) is 43.9 Å². The van der Waals surface area contributed by atoms with Gasteiger partial charge >= 0.3 is 0 Å². The summed E-state index contributed by atoms with van der Waals surface area (Å²) in [6, 6.07) is 57.8. The number of pyridine rings is 1. The molecule has 1 aliphatic carbocycles. The van der Waals surface area contributed by atoms with Gasteiger partial charge in [0.15, 0.2) is 17.5 Å². The molecule has 10 aromatic rings. The Balaban J connectivity index is 1.13. The van der Waals surface area contributed by atoms with Gasteiger partial charge in [0.2, 0.25) is 0 Å². The molecule has 2 aromatic heterocycles. The predicted octanol–water partition coefficient (Wildman–Crippen LogP) is 12.2. The van der Waals surface area contributed by atoms with Crippen LogP contribution < -0.4 is 0 Å². The molecule has 8 aromatic carbocycles. The third kappa shape index (κ3) is 4.34.